The first-order valence-electron chi connectivity index (χ1n) is 6.28. The summed E-state index contributed by atoms with van der Waals surface area (Å²) in [6, 6.07) is 0. The van der Waals surface area contributed by atoms with Gasteiger partial charge in [-0.1, -0.05) is 32.1 Å². The minimum absolute atomic E-state index is 0.394. The Balaban J connectivity index is 4.11. The van der Waals surface area contributed by atoms with Crippen molar-refractivity contribution >= 4 is 6.09 Å². The first kappa shape index (κ1) is 16.7. The predicted molar refractivity (Wildman–Crippen MR) is 73.4 cm³/mol. The number of unbranched alkanes of at least 4 members (excludes halogenated alkanes) is 1. The van der Waals surface area contributed by atoms with E-state index in [1.54, 1.807) is 27.1 Å². The number of allylic oxidation sites excluding steroid dienone is 1. The molecule has 0 unspecified atom stereocenters. The Morgan fingerprint density at radius 3 is 2.61 bits per heavy atom. The average Bonchev–Trinajstić information content (AvgIpc) is 2.28. The van der Waals surface area contributed by atoms with Crippen LogP contribution in [0.25, 0.3) is 0 Å². The Morgan fingerprint density at radius 2 is 2.11 bits per heavy atom. The smallest absolute Gasteiger partial charge is 0.409 e. The summed E-state index contributed by atoms with van der Waals surface area (Å²) in [5, 5.41) is 9.74. The molecule has 1 N–H and O–H groups in total. The van der Waals surface area contributed by atoms with Gasteiger partial charge in [0.25, 0.3) is 0 Å². The zero-order valence-corrected chi connectivity index (χ0v) is 11.8. The zero-order valence-electron chi connectivity index (χ0n) is 11.8. The van der Waals surface area contributed by atoms with Crippen molar-refractivity contribution in [1.29, 1.82) is 0 Å². The Bertz CT molecular complexity index is 297. The van der Waals surface area contributed by atoms with Crippen LogP contribution in [0.1, 0.15) is 33.1 Å². The van der Waals surface area contributed by atoms with Gasteiger partial charge in [-0.3, -0.25) is 0 Å². The lowest BCUT2D eigenvalue weighted by molar-refractivity contribution is 0.0923. The highest BCUT2D eigenvalue weighted by atomic mass is 16.6. The third-order valence-electron chi connectivity index (χ3n) is 2.50. The van der Waals surface area contributed by atoms with Crippen LogP contribution in [0, 0.1) is 0 Å². The first-order chi connectivity index (χ1) is 8.38. The summed E-state index contributed by atoms with van der Waals surface area (Å²) >= 11 is 0. The van der Waals surface area contributed by atoms with Gasteiger partial charge in [-0.15, -0.1) is 0 Å². The molecule has 0 aromatic carbocycles. The highest BCUT2D eigenvalue weighted by Crippen LogP contribution is 2.13. The van der Waals surface area contributed by atoms with Crippen LogP contribution in [0.3, 0.4) is 0 Å². The molecule has 0 aliphatic carbocycles. The van der Waals surface area contributed by atoms with E-state index in [9.17, 15) is 9.90 Å². The number of carbonyl (C=O) groups is 1. The van der Waals surface area contributed by atoms with Crippen LogP contribution in [0.5, 0.6) is 0 Å². The predicted octanol–water partition coefficient (Wildman–Crippen LogP) is 2.74. The molecule has 0 aliphatic rings. The molecule has 0 bridgehead atoms. The summed E-state index contributed by atoms with van der Waals surface area (Å²) < 4.78 is 5.15. The second kappa shape index (κ2) is 8.75. The fourth-order valence-electron chi connectivity index (χ4n) is 1.26. The van der Waals surface area contributed by atoms with Gasteiger partial charge in [0.1, 0.15) is 6.10 Å². The van der Waals surface area contributed by atoms with Gasteiger partial charge in [-0.05, 0) is 18.9 Å². The zero-order chi connectivity index (χ0) is 14.1. The summed E-state index contributed by atoms with van der Waals surface area (Å²) in [6.07, 6.45) is 4.76. The maximum Gasteiger partial charge on any atom is 0.409 e. The quantitative estimate of drug-likeness (QED) is 0.712. The summed E-state index contributed by atoms with van der Waals surface area (Å²) in [5.74, 6) is 0. The van der Waals surface area contributed by atoms with Gasteiger partial charge in [0.2, 0.25) is 0 Å². The molecule has 104 valence electrons. The molecule has 0 heterocycles. The van der Waals surface area contributed by atoms with Crippen molar-refractivity contribution in [3.05, 3.63) is 24.3 Å². The van der Waals surface area contributed by atoms with Gasteiger partial charge in [0.15, 0.2) is 0 Å². The molecule has 4 nitrogen and oxygen atoms in total. The third-order valence-corrected chi connectivity index (χ3v) is 2.50. The Kier molecular flexibility index (Phi) is 8.12. The Hall–Kier alpha value is -1.29. The number of carbonyl (C=O) groups excluding carboxylic acids is 1. The van der Waals surface area contributed by atoms with Crippen LogP contribution in [0.15, 0.2) is 24.3 Å². The largest absolute Gasteiger partial charge is 0.442 e. The molecule has 0 aromatic heterocycles. The third kappa shape index (κ3) is 7.12. The van der Waals surface area contributed by atoms with Crippen molar-refractivity contribution in [2.24, 2.45) is 0 Å². The lowest BCUT2D eigenvalue weighted by Crippen LogP contribution is -2.28. The van der Waals surface area contributed by atoms with E-state index in [0.29, 0.717) is 12.0 Å². The fraction of sp³-hybridized carbons (Fsp3) is 0.643. The van der Waals surface area contributed by atoms with Crippen LogP contribution in [0.4, 0.5) is 4.79 Å². The van der Waals surface area contributed by atoms with E-state index < -0.39 is 18.3 Å². The van der Waals surface area contributed by atoms with Gasteiger partial charge in [0.05, 0.1) is 6.10 Å². The highest BCUT2D eigenvalue weighted by Gasteiger charge is 2.15. The van der Waals surface area contributed by atoms with Gasteiger partial charge in [-0.25, -0.2) is 4.79 Å². The maximum absolute atomic E-state index is 11.3. The Morgan fingerprint density at radius 1 is 1.50 bits per heavy atom. The van der Waals surface area contributed by atoms with Crippen LogP contribution < -0.4 is 0 Å². The molecular formula is C14H25NO3. The van der Waals surface area contributed by atoms with Crippen molar-refractivity contribution in [1.82, 2.24) is 4.90 Å². The van der Waals surface area contributed by atoms with E-state index >= 15 is 0 Å². The number of aliphatic hydroxyl groups is 1. The molecule has 0 saturated heterocycles. The molecule has 0 aliphatic heterocycles. The molecule has 4 heteroatoms. The van der Waals surface area contributed by atoms with E-state index in [2.05, 4.69) is 13.5 Å². The summed E-state index contributed by atoms with van der Waals surface area (Å²) in [5.41, 5.74) is 0.707. The van der Waals surface area contributed by atoms with Gasteiger partial charge < -0.3 is 14.7 Å². The van der Waals surface area contributed by atoms with Gasteiger partial charge in [-0.2, -0.15) is 0 Å². The van der Waals surface area contributed by atoms with E-state index in [1.165, 1.54) is 4.90 Å². The van der Waals surface area contributed by atoms with Crippen molar-refractivity contribution < 1.29 is 14.6 Å². The second-order valence-corrected chi connectivity index (χ2v) is 4.57. The number of aliphatic hydroxyl groups excluding tert-OH is 1. The van der Waals surface area contributed by atoms with E-state index in [0.717, 1.165) is 12.8 Å². The SMILES string of the molecule is C=C(C[C@@H](O)/C=C/CCC)[C@@H](C)OC(=O)N(C)C. The Labute approximate surface area is 110 Å². The van der Waals surface area contributed by atoms with Crippen LogP contribution in [0.2, 0.25) is 0 Å². The normalized spacial score (nSPS) is 14.3. The molecule has 0 radical (unpaired) electrons. The molecule has 1 amide bonds. The van der Waals surface area contributed by atoms with E-state index in [-0.39, 0.29) is 0 Å². The molecular weight excluding hydrogens is 230 g/mol. The summed E-state index contributed by atoms with van der Waals surface area (Å²) in [4.78, 5) is 12.7. The van der Waals surface area contributed by atoms with Crippen molar-refractivity contribution in [2.75, 3.05) is 14.1 Å². The van der Waals surface area contributed by atoms with Crippen molar-refractivity contribution in [3.8, 4) is 0 Å². The second-order valence-electron chi connectivity index (χ2n) is 4.57. The number of amides is 1. The monoisotopic (exact) mass is 255 g/mol. The summed E-state index contributed by atoms with van der Waals surface area (Å²) in [7, 11) is 3.25. The highest BCUT2D eigenvalue weighted by molar-refractivity contribution is 5.67. The molecule has 0 rings (SSSR count). The summed E-state index contributed by atoms with van der Waals surface area (Å²) in [6.45, 7) is 7.68. The maximum atomic E-state index is 11.3. The van der Waals surface area contributed by atoms with Crippen LogP contribution in [-0.2, 0) is 4.74 Å². The van der Waals surface area contributed by atoms with Gasteiger partial charge in [0, 0.05) is 20.5 Å². The van der Waals surface area contributed by atoms with Gasteiger partial charge >= 0.3 is 6.09 Å². The lowest BCUT2D eigenvalue weighted by atomic mass is 10.0. The number of nitrogens with zero attached hydrogens (tertiary/aromatic N) is 1. The minimum atomic E-state index is -0.565. The number of ether oxygens (including phenoxy) is 1. The minimum Gasteiger partial charge on any atom is -0.442 e. The average molecular weight is 255 g/mol. The van der Waals surface area contributed by atoms with E-state index in [4.69, 9.17) is 4.74 Å². The fourth-order valence-corrected chi connectivity index (χ4v) is 1.26. The van der Waals surface area contributed by atoms with E-state index in [1.807, 2.05) is 6.08 Å². The molecule has 0 aromatic rings. The molecule has 0 fully saturated rings. The standard InChI is InChI=1S/C14H25NO3/c1-6-7-8-9-13(16)10-11(2)12(3)18-14(17)15(4)5/h8-9,12-13,16H,2,6-7,10H2,1,3-5H3/b9-8+/t12-,13+/m1/s1. The molecule has 18 heavy (non-hydrogen) atoms. The number of rotatable bonds is 7. The van der Waals surface area contributed by atoms with Crippen molar-refractivity contribution in [2.45, 2.75) is 45.3 Å². The molecule has 2 atom stereocenters. The number of hydrogen-bond donors (Lipinski definition) is 1. The number of hydrogen-bond acceptors (Lipinski definition) is 3. The topological polar surface area (TPSA) is 49.8 Å². The van der Waals surface area contributed by atoms with Crippen LogP contribution in [-0.4, -0.2) is 42.4 Å². The molecule has 0 saturated carbocycles. The first-order valence-corrected chi connectivity index (χ1v) is 6.28. The van der Waals surface area contributed by atoms with Crippen LogP contribution >= 0.6 is 0 Å². The molecule has 0 spiro atoms. The lowest BCUT2D eigenvalue weighted by Gasteiger charge is -2.19. The van der Waals surface area contributed by atoms with Crippen molar-refractivity contribution in [3.63, 3.8) is 0 Å².